The van der Waals surface area contributed by atoms with Gasteiger partial charge in [-0.25, -0.2) is 0 Å². The van der Waals surface area contributed by atoms with Crippen LogP contribution in [-0.4, -0.2) is 29.7 Å². The summed E-state index contributed by atoms with van der Waals surface area (Å²) in [7, 11) is 0. The molecule has 0 aliphatic heterocycles. The van der Waals surface area contributed by atoms with Crippen molar-refractivity contribution in [1.82, 2.24) is 5.32 Å². The Labute approximate surface area is 97.6 Å². The van der Waals surface area contributed by atoms with Crippen LogP contribution in [0.25, 0.3) is 0 Å². The Bertz CT molecular complexity index is 245. The van der Waals surface area contributed by atoms with Gasteiger partial charge in [-0.15, -0.1) is 0 Å². The summed E-state index contributed by atoms with van der Waals surface area (Å²) in [6.45, 7) is 3.98. The van der Waals surface area contributed by atoms with Crippen molar-refractivity contribution in [3.8, 4) is 0 Å². The molecule has 0 radical (unpaired) electrons. The minimum Gasteiger partial charge on any atom is -0.394 e. The topological polar surface area (TPSA) is 75.3 Å². The lowest BCUT2D eigenvalue weighted by atomic mass is 9.73. The summed E-state index contributed by atoms with van der Waals surface area (Å²) in [6, 6.07) is 0. The van der Waals surface area contributed by atoms with Crippen molar-refractivity contribution in [3.05, 3.63) is 0 Å². The van der Waals surface area contributed by atoms with Gasteiger partial charge in [-0.05, 0) is 26.7 Å². The van der Waals surface area contributed by atoms with E-state index in [-0.39, 0.29) is 12.5 Å². The summed E-state index contributed by atoms with van der Waals surface area (Å²) in [5, 5.41) is 12.1. The molecule has 0 aromatic carbocycles. The molecule has 4 heteroatoms. The van der Waals surface area contributed by atoms with E-state index in [0.717, 1.165) is 25.7 Å². The van der Waals surface area contributed by atoms with Gasteiger partial charge in [-0.2, -0.15) is 0 Å². The van der Waals surface area contributed by atoms with Crippen LogP contribution in [0.2, 0.25) is 0 Å². The Morgan fingerprint density at radius 2 is 1.94 bits per heavy atom. The Balaban J connectivity index is 2.69. The number of nitrogens with one attached hydrogen (secondary N) is 1. The number of carbonyl (C=O) groups excluding carboxylic acids is 1. The molecule has 1 rings (SSSR count). The van der Waals surface area contributed by atoms with Crippen LogP contribution in [0.1, 0.15) is 46.0 Å². The van der Waals surface area contributed by atoms with E-state index in [0.29, 0.717) is 6.54 Å². The zero-order valence-corrected chi connectivity index (χ0v) is 10.4. The number of rotatable bonds is 4. The normalized spacial score (nSPS) is 20.5. The van der Waals surface area contributed by atoms with E-state index < -0.39 is 11.0 Å². The molecule has 0 unspecified atom stereocenters. The molecule has 1 aliphatic rings. The van der Waals surface area contributed by atoms with Crippen molar-refractivity contribution in [2.75, 3.05) is 13.2 Å². The standard InChI is InChI=1S/C12H24N2O2/c1-11(2,9-15)14-10(16)12(8-13)6-4-3-5-7-12/h15H,3-9,13H2,1-2H3,(H,14,16). The van der Waals surface area contributed by atoms with Crippen LogP contribution in [0.3, 0.4) is 0 Å². The van der Waals surface area contributed by atoms with Gasteiger partial charge >= 0.3 is 0 Å². The van der Waals surface area contributed by atoms with Gasteiger partial charge in [0.2, 0.25) is 5.91 Å². The summed E-state index contributed by atoms with van der Waals surface area (Å²) in [4.78, 5) is 12.2. The maximum atomic E-state index is 12.2. The third-order valence-corrected chi connectivity index (χ3v) is 3.53. The van der Waals surface area contributed by atoms with Crippen LogP contribution < -0.4 is 11.1 Å². The minimum atomic E-state index is -0.559. The van der Waals surface area contributed by atoms with Gasteiger partial charge in [-0.3, -0.25) is 4.79 Å². The van der Waals surface area contributed by atoms with Gasteiger partial charge in [0.1, 0.15) is 0 Å². The van der Waals surface area contributed by atoms with Crippen molar-refractivity contribution >= 4 is 5.91 Å². The van der Waals surface area contributed by atoms with Crippen LogP contribution in [0.4, 0.5) is 0 Å². The molecular formula is C12H24N2O2. The predicted molar refractivity (Wildman–Crippen MR) is 63.9 cm³/mol. The lowest BCUT2D eigenvalue weighted by Crippen LogP contribution is -2.55. The maximum absolute atomic E-state index is 12.2. The predicted octanol–water partition coefficient (Wildman–Crippen LogP) is 0.783. The highest BCUT2D eigenvalue weighted by molar-refractivity contribution is 5.83. The second-order valence-corrected chi connectivity index (χ2v) is 5.54. The molecule has 16 heavy (non-hydrogen) atoms. The molecule has 0 aromatic rings. The quantitative estimate of drug-likeness (QED) is 0.665. The second kappa shape index (κ2) is 5.15. The SMILES string of the molecule is CC(C)(CO)NC(=O)C1(CN)CCCCC1. The molecular weight excluding hydrogens is 204 g/mol. The van der Waals surface area contributed by atoms with Crippen molar-refractivity contribution < 1.29 is 9.90 Å². The molecule has 1 aliphatic carbocycles. The Kier molecular flexibility index (Phi) is 4.33. The van der Waals surface area contributed by atoms with Gasteiger partial charge in [0.15, 0.2) is 0 Å². The molecule has 0 saturated heterocycles. The number of hydrogen-bond acceptors (Lipinski definition) is 3. The third kappa shape index (κ3) is 2.95. The fourth-order valence-electron chi connectivity index (χ4n) is 2.23. The lowest BCUT2D eigenvalue weighted by molar-refractivity contribution is -0.134. The van der Waals surface area contributed by atoms with Crippen LogP contribution in [0.5, 0.6) is 0 Å². The highest BCUT2D eigenvalue weighted by Crippen LogP contribution is 2.35. The van der Waals surface area contributed by atoms with Crippen molar-refractivity contribution in [1.29, 1.82) is 0 Å². The first-order valence-electron chi connectivity index (χ1n) is 6.09. The minimum absolute atomic E-state index is 0.00810. The van der Waals surface area contributed by atoms with Gasteiger partial charge in [0.05, 0.1) is 17.6 Å². The van der Waals surface area contributed by atoms with Crippen LogP contribution in [0.15, 0.2) is 0 Å². The molecule has 0 atom stereocenters. The van der Waals surface area contributed by atoms with Crippen LogP contribution >= 0.6 is 0 Å². The first-order chi connectivity index (χ1) is 7.46. The van der Waals surface area contributed by atoms with Gasteiger partial charge in [0, 0.05) is 6.54 Å². The van der Waals surface area contributed by atoms with E-state index in [1.165, 1.54) is 6.42 Å². The van der Waals surface area contributed by atoms with Crippen molar-refractivity contribution in [3.63, 3.8) is 0 Å². The fraction of sp³-hybridized carbons (Fsp3) is 0.917. The van der Waals surface area contributed by atoms with E-state index in [9.17, 15) is 4.79 Å². The van der Waals surface area contributed by atoms with Crippen LogP contribution in [-0.2, 0) is 4.79 Å². The monoisotopic (exact) mass is 228 g/mol. The maximum Gasteiger partial charge on any atom is 0.227 e. The summed E-state index contributed by atoms with van der Waals surface area (Å²) < 4.78 is 0. The van der Waals surface area contributed by atoms with Gasteiger partial charge in [0.25, 0.3) is 0 Å². The molecule has 1 fully saturated rings. The third-order valence-electron chi connectivity index (χ3n) is 3.53. The zero-order valence-electron chi connectivity index (χ0n) is 10.4. The molecule has 0 bridgehead atoms. The molecule has 1 saturated carbocycles. The molecule has 0 heterocycles. The fourth-order valence-corrected chi connectivity index (χ4v) is 2.23. The summed E-state index contributed by atoms with van der Waals surface area (Å²) >= 11 is 0. The van der Waals surface area contributed by atoms with Crippen molar-refractivity contribution in [2.24, 2.45) is 11.1 Å². The van der Waals surface area contributed by atoms with E-state index >= 15 is 0 Å². The number of hydrogen-bond donors (Lipinski definition) is 3. The number of carbonyl (C=O) groups is 1. The lowest BCUT2D eigenvalue weighted by Gasteiger charge is -2.37. The van der Waals surface area contributed by atoms with E-state index in [2.05, 4.69) is 5.32 Å². The first kappa shape index (κ1) is 13.5. The van der Waals surface area contributed by atoms with E-state index in [1.54, 1.807) is 0 Å². The van der Waals surface area contributed by atoms with E-state index in [1.807, 2.05) is 13.8 Å². The Morgan fingerprint density at radius 1 is 1.38 bits per heavy atom. The number of aliphatic hydroxyl groups excluding tert-OH is 1. The smallest absolute Gasteiger partial charge is 0.227 e. The van der Waals surface area contributed by atoms with Crippen LogP contribution in [0, 0.1) is 5.41 Å². The molecule has 4 N–H and O–H groups in total. The highest BCUT2D eigenvalue weighted by Gasteiger charge is 2.39. The Morgan fingerprint density at radius 3 is 2.38 bits per heavy atom. The van der Waals surface area contributed by atoms with E-state index in [4.69, 9.17) is 10.8 Å². The second-order valence-electron chi connectivity index (χ2n) is 5.54. The van der Waals surface area contributed by atoms with Gasteiger partial charge < -0.3 is 16.2 Å². The zero-order chi connectivity index (χ0) is 12.2. The van der Waals surface area contributed by atoms with Gasteiger partial charge in [-0.1, -0.05) is 19.3 Å². The molecule has 4 nitrogen and oxygen atoms in total. The largest absolute Gasteiger partial charge is 0.394 e. The number of amides is 1. The highest BCUT2D eigenvalue weighted by atomic mass is 16.3. The molecule has 1 amide bonds. The average Bonchev–Trinajstić information content (AvgIpc) is 2.29. The summed E-state index contributed by atoms with van der Waals surface area (Å²) in [5.74, 6) is 0.00810. The summed E-state index contributed by atoms with van der Waals surface area (Å²) in [6.07, 6.45) is 5.08. The first-order valence-corrected chi connectivity index (χ1v) is 6.09. The Hall–Kier alpha value is -0.610. The molecule has 0 aromatic heterocycles. The number of nitrogens with two attached hydrogens (primary N) is 1. The number of aliphatic hydroxyl groups is 1. The summed E-state index contributed by atoms with van der Waals surface area (Å²) in [5.41, 5.74) is 4.82. The molecule has 0 spiro atoms. The average molecular weight is 228 g/mol. The van der Waals surface area contributed by atoms with Crippen molar-refractivity contribution in [2.45, 2.75) is 51.5 Å². The molecule has 94 valence electrons.